The number of hydrogen-bond acceptors (Lipinski definition) is 2. The van der Waals surface area contributed by atoms with Gasteiger partial charge in [0.25, 0.3) is 0 Å². The molecule has 2 rings (SSSR count). The minimum absolute atomic E-state index is 0.632. The zero-order chi connectivity index (χ0) is 12.6. The summed E-state index contributed by atoms with van der Waals surface area (Å²) >= 11 is 5.87. The molecule has 0 heterocycles. The Bertz CT molecular complexity index is 473. The lowest BCUT2D eigenvalue weighted by molar-refractivity contribution is 0.313. The summed E-state index contributed by atoms with van der Waals surface area (Å²) in [5.74, 6) is 0.809. The summed E-state index contributed by atoms with van der Waals surface area (Å²) in [6, 6.07) is 17.7. The van der Waals surface area contributed by atoms with Gasteiger partial charge in [-0.25, -0.2) is 0 Å². The molecule has 0 fully saturated rings. The summed E-state index contributed by atoms with van der Waals surface area (Å²) in [4.78, 5) is 0. The summed E-state index contributed by atoms with van der Waals surface area (Å²) < 4.78 is 5.58. The molecular formula is C15H16ClNO. The van der Waals surface area contributed by atoms with Crippen LogP contribution >= 0.6 is 11.6 Å². The van der Waals surface area contributed by atoms with Gasteiger partial charge in [-0.1, -0.05) is 48.0 Å². The molecule has 2 aromatic rings. The summed E-state index contributed by atoms with van der Waals surface area (Å²) in [5.41, 5.74) is 1.28. The van der Waals surface area contributed by atoms with Crippen molar-refractivity contribution in [2.75, 3.05) is 13.2 Å². The Kier molecular flexibility index (Phi) is 5.06. The maximum Gasteiger partial charge on any atom is 0.120 e. The monoisotopic (exact) mass is 261 g/mol. The molecule has 0 bridgehead atoms. The molecule has 0 aromatic heterocycles. The lowest BCUT2D eigenvalue weighted by Crippen LogP contribution is -2.20. The summed E-state index contributed by atoms with van der Waals surface area (Å²) in [5, 5.41) is 4.03. The van der Waals surface area contributed by atoms with Crippen LogP contribution in [0.2, 0.25) is 5.02 Å². The second-order valence-corrected chi connectivity index (χ2v) is 4.40. The number of nitrogens with one attached hydrogen (secondary N) is 1. The van der Waals surface area contributed by atoms with E-state index >= 15 is 0 Å². The van der Waals surface area contributed by atoms with E-state index in [1.807, 2.05) is 42.5 Å². The largest absolute Gasteiger partial charge is 0.492 e. The van der Waals surface area contributed by atoms with Crippen molar-refractivity contribution in [3.63, 3.8) is 0 Å². The first-order valence-corrected chi connectivity index (χ1v) is 6.35. The minimum Gasteiger partial charge on any atom is -0.492 e. The average molecular weight is 262 g/mol. The number of halogens is 1. The van der Waals surface area contributed by atoms with Crippen molar-refractivity contribution in [2.24, 2.45) is 0 Å². The highest BCUT2D eigenvalue weighted by Crippen LogP contribution is 2.16. The van der Waals surface area contributed by atoms with Crippen LogP contribution in [0.25, 0.3) is 0 Å². The van der Waals surface area contributed by atoms with E-state index < -0.39 is 0 Å². The van der Waals surface area contributed by atoms with Gasteiger partial charge in [-0.2, -0.15) is 0 Å². The molecule has 0 unspecified atom stereocenters. The van der Waals surface area contributed by atoms with Gasteiger partial charge in [0, 0.05) is 18.1 Å². The van der Waals surface area contributed by atoms with Crippen molar-refractivity contribution >= 4 is 11.6 Å². The molecular weight excluding hydrogens is 246 g/mol. The summed E-state index contributed by atoms with van der Waals surface area (Å²) in [6.45, 7) is 2.30. The molecule has 0 saturated heterocycles. The second-order valence-electron chi connectivity index (χ2n) is 3.97. The zero-order valence-corrected chi connectivity index (χ0v) is 10.9. The molecule has 0 radical (unpaired) electrons. The zero-order valence-electron chi connectivity index (χ0n) is 10.1. The number of benzene rings is 2. The molecule has 2 nitrogen and oxygen atoms in total. The Morgan fingerprint density at radius 2 is 1.83 bits per heavy atom. The van der Waals surface area contributed by atoms with E-state index in [4.69, 9.17) is 16.3 Å². The first kappa shape index (κ1) is 12.9. The Morgan fingerprint density at radius 3 is 2.61 bits per heavy atom. The molecule has 0 spiro atoms. The molecule has 94 valence electrons. The van der Waals surface area contributed by atoms with E-state index in [-0.39, 0.29) is 0 Å². The predicted molar refractivity (Wildman–Crippen MR) is 75.1 cm³/mol. The third-order valence-corrected chi connectivity index (χ3v) is 2.75. The Morgan fingerprint density at radius 1 is 1.00 bits per heavy atom. The fourth-order valence-electron chi connectivity index (χ4n) is 1.63. The first-order chi connectivity index (χ1) is 8.84. The molecule has 1 N–H and O–H groups in total. The van der Waals surface area contributed by atoms with Crippen molar-refractivity contribution < 1.29 is 4.74 Å². The highest BCUT2D eigenvalue weighted by molar-refractivity contribution is 6.30. The van der Waals surface area contributed by atoms with E-state index in [0.29, 0.717) is 11.6 Å². The van der Waals surface area contributed by atoms with Gasteiger partial charge in [-0.05, 0) is 23.8 Å². The average Bonchev–Trinajstić information content (AvgIpc) is 2.40. The lowest BCUT2D eigenvalue weighted by Gasteiger charge is -2.07. The smallest absolute Gasteiger partial charge is 0.120 e. The van der Waals surface area contributed by atoms with E-state index in [1.54, 1.807) is 0 Å². The molecule has 2 aromatic carbocycles. The number of ether oxygens (including phenoxy) is 1. The van der Waals surface area contributed by atoms with Gasteiger partial charge >= 0.3 is 0 Å². The van der Waals surface area contributed by atoms with E-state index in [2.05, 4.69) is 17.4 Å². The van der Waals surface area contributed by atoms with Crippen LogP contribution in [0.3, 0.4) is 0 Å². The van der Waals surface area contributed by atoms with Gasteiger partial charge in [0.05, 0.1) is 0 Å². The molecule has 3 heteroatoms. The van der Waals surface area contributed by atoms with Crippen LogP contribution in [0.5, 0.6) is 5.75 Å². The van der Waals surface area contributed by atoms with Crippen molar-refractivity contribution in [1.29, 1.82) is 0 Å². The van der Waals surface area contributed by atoms with Gasteiger partial charge in [-0.3, -0.25) is 0 Å². The van der Waals surface area contributed by atoms with Crippen molar-refractivity contribution in [3.05, 3.63) is 65.2 Å². The van der Waals surface area contributed by atoms with Crippen LogP contribution < -0.4 is 10.1 Å². The first-order valence-electron chi connectivity index (χ1n) is 5.97. The Balaban J connectivity index is 1.65. The summed E-state index contributed by atoms with van der Waals surface area (Å²) in [6.07, 6.45) is 0. The van der Waals surface area contributed by atoms with Crippen LogP contribution in [0.15, 0.2) is 54.6 Å². The maximum absolute atomic E-state index is 5.87. The van der Waals surface area contributed by atoms with Crippen LogP contribution in [-0.2, 0) is 6.54 Å². The van der Waals surface area contributed by atoms with Gasteiger partial charge in [0.15, 0.2) is 0 Å². The van der Waals surface area contributed by atoms with Crippen LogP contribution in [0.1, 0.15) is 5.56 Å². The Labute approximate surface area is 113 Å². The highest BCUT2D eigenvalue weighted by Gasteiger charge is 1.95. The normalized spacial score (nSPS) is 10.3. The number of rotatable bonds is 6. The van der Waals surface area contributed by atoms with Crippen molar-refractivity contribution in [1.82, 2.24) is 5.32 Å². The topological polar surface area (TPSA) is 21.3 Å². The highest BCUT2D eigenvalue weighted by atomic mass is 35.5. The second kappa shape index (κ2) is 7.04. The van der Waals surface area contributed by atoms with Crippen molar-refractivity contribution in [3.8, 4) is 5.75 Å². The van der Waals surface area contributed by atoms with Gasteiger partial charge in [0.2, 0.25) is 0 Å². The lowest BCUT2D eigenvalue weighted by atomic mass is 10.2. The van der Waals surface area contributed by atoms with Gasteiger partial charge in [-0.15, -0.1) is 0 Å². The third kappa shape index (κ3) is 4.40. The maximum atomic E-state index is 5.87. The van der Waals surface area contributed by atoms with Crippen molar-refractivity contribution in [2.45, 2.75) is 6.54 Å². The SMILES string of the molecule is Clc1cccc(OCCNCc2ccccc2)c1. The van der Waals surface area contributed by atoms with Gasteiger partial charge < -0.3 is 10.1 Å². The number of hydrogen-bond donors (Lipinski definition) is 1. The molecule has 0 saturated carbocycles. The molecule has 0 aliphatic carbocycles. The van der Waals surface area contributed by atoms with E-state index in [1.165, 1.54) is 5.56 Å². The molecule has 0 amide bonds. The fraction of sp³-hybridized carbons (Fsp3) is 0.200. The molecule has 0 atom stereocenters. The van der Waals surface area contributed by atoms with E-state index in [9.17, 15) is 0 Å². The molecule has 18 heavy (non-hydrogen) atoms. The fourth-order valence-corrected chi connectivity index (χ4v) is 1.81. The molecule has 0 aliphatic heterocycles. The Hall–Kier alpha value is -1.51. The molecule has 0 aliphatic rings. The minimum atomic E-state index is 0.632. The summed E-state index contributed by atoms with van der Waals surface area (Å²) in [7, 11) is 0. The quantitative estimate of drug-likeness (QED) is 0.804. The van der Waals surface area contributed by atoms with E-state index in [0.717, 1.165) is 18.8 Å². The van der Waals surface area contributed by atoms with Crippen LogP contribution in [0.4, 0.5) is 0 Å². The standard InChI is InChI=1S/C15H16ClNO/c16-14-7-4-8-15(11-14)18-10-9-17-12-13-5-2-1-3-6-13/h1-8,11,17H,9-10,12H2. The van der Waals surface area contributed by atoms with Gasteiger partial charge in [0.1, 0.15) is 12.4 Å². The van der Waals surface area contributed by atoms with Crippen LogP contribution in [-0.4, -0.2) is 13.2 Å². The van der Waals surface area contributed by atoms with Crippen LogP contribution in [0, 0.1) is 0 Å². The predicted octanol–water partition coefficient (Wildman–Crippen LogP) is 3.51. The third-order valence-electron chi connectivity index (χ3n) is 2.52.